The molecule has 11 heteroatoms. The van der Waals surface area contributed by atoms with Crippen LogP contribution in [0.1, 0.15) is 42.5 Å². The Hall–Kier alpha value is -3.11. The average molecular weight is 330 g/mol. The number of rotatable bonds is 6. The Morgan fingerprint density at radius 1 is 1.42 bits per heavy atom. The quantitative estimate of drug-likeness (QED) is 0.651. The number of amides is 1. The second-order valence-corrected chi connectivity index (χ2v) is 5.78. The van der Waals surface area contributed by atoms with Gasteiger partial charge in [-0.2, -0.15) is 14.9 Å². The minimum absolute atomic E-state index is 0.262. The number of carbonyl (C=O) groups is 1. The molecular formula is C13H18N10O. The highest BCUT2D eigenvalue weighted by Gasteiger charge is 2.24. The maximum atomic E-state index is 12.7. The molecule has 2 N–H and O–H groups in total. The number of hydrogen-bond donors (Lipinski definition) is 2. The number of aromatic amines is 1. The van der Waals surface area contributed by atoms with Gasteiger partial charge in [-0.25, -0.2) is 4.98 Å². The summed E-state index contributed by atoms with van der Waals surface area (Å²) < 4.78 is 3.01. The summed E-state index contributed by atoms with van der Waals surface area (Å²) in [5.74, 6) is 1.18. The molecule has 0 spiro atoms. The van der Waals surface area contributed by atoms with Gasteiger partial charge in [-0.15, -0.1) is 5.10 Å². The van der Waals surface area contributed by atoms with Crippen LogP contribution in [-0.4, -0.2) is 51.1 Å². The summed E-state index contributed by atoms with van der Waals surface area (Å²) in [5, 5.41) is 24.6. The lowest BCUT2D eigenvalue weighted by atomic mass is 10.0. The van der Waals surface area contributed by atoms with Crippen molar-refractivity contribution in [2.45, 2.75) is 26.3 Å². The van der Waals surface area contributed by atoms with Gasteiger partial charge in [0.15, 0.2) is 5.82 Å². The Kier molecular flexibility index (Phi) is 4.31. The fourth-order valence-electron chi connectivity index (χ4n) is 2.44. The number of nitrogens with one attached hydrogen (secondary N) is 2. The third-order valence-corrected chi connectivity index (χ3v) is 3.51. The van der Waals surface area contributed by atoms with Crippen molar-refractivity contribution in [1.82, 2.24) is 50.5 Å². The number of aromatic nitrogens is 9. The van der Waals surface area contributed by atoms with Crippen molar-refractivity contribution in [3.8, 4) is 5.82 Å². The van der Waals surface area contributed by atoms with Crippen molar-refractivity contribution >= 4 is 5.91 Å². The summed E-state index contributed by atoms with van der Waals surface area (Å²) in [6.07, 6.45) is 5.03. The lowest BCUT2D eigenvalue weighted by Crippen LogP contribution is -2.32. The Morgan fingerprint density at radius 2 is 2.25 bits per heavy atom. The molecule has 0 saturated carbocycles. The highest BCUT2D eigenvalue weighted by molar-refractivity contribution is 5.97. The number of tetrazole rings is 1. The predicted octanol–water partition coefficient (Wildman–Crippen LogP) is 0.0311. The van der Waals surface area contributed by atoms with Crippen LogP contribution in [0.4, 0.5) is 0 Å². The zero-order chi connectivity index (χ0) is 17.1. The van der Waals surface area contributed by atoms with E-state index in [2.05, 4.69) is 55.0 Å². The normalized spacial score (nSPS) is 12.5. The molecule has 1 amide bonds. The van der Waals surface area contributed by atoms with E-state index in [1.54, 1.807) is 11.7 Å². The van der Waals surface area contributed by atoms with Crippen molar-refractivity contribution in [1.29, 1.82) is 0 Å². The molecule has 3 heterocycles. The van der Waals surface area contributed by atoms with E-state index in [4.69, 9.17) is 0 Å². The van der Waals surface area contributed by atoms with Gasteiger partial charge in [0.2, 0.25) is 0 Å². The first-order chi connectivity index (χ1) is 11.6. The molecule has 0 aromatic carbocycles. The first-order valence-electron chi connectivity index (χ1n) is 7.47. The molecule has 0 bridgehead atoms. The molecule has 1 atom stereocenters. The second-order valence-electron chi connectivity index (χ2n) is 5.78. The fraction of sp³-hybridized carbons (Fsp3) is 0.462. The second kappa shape index (κ2) is 6.56. The number of nitrogens with zero attached hydrogens (tertiary/aromatic N) is 8. The Bertz CT molecular complexity index is 802. The third kappa shape index (κ3) is 3.14. The van der Waals surface area contributed by atoms with Crippen molar-refractivity contribution in [3.63, 3.8) is 0 Å². The van der Waals surface area contributed by atoms with E-state index in [0.29, 0.717) is 23.1 Å². The zero-order valence-corrected chi connectivity index (χ0v) is 13.6. The van der Waals surface area contributed by atoms with Gasteiger partial charge < -0.3 is 5.32 Å². The number of carbonyl (C=O) groups excluding carboxylic acids is 1. The molecule has 3 rings (SSSR count). The molecular weight excluding hydrogens is 312 g/mol. The van der Waals surface area contributed by atoms with Gasteiger partial charge >= 0.3 is 0 Å². The summed E-state index contributed by atoms with van der Waals surface area (Å²) >= 11 is 0. The van der Waals surface area contributed by atoms with E-state index in [-0.39, 0.29) is 11.9 Å². The van der Waals surface area contributed by atoms with Gasteiger partial charge in [0.05, 0.1) is 12.2 Å². The van der Waals surface area contributed by atoms with Gasteiger partial charge in [-0.05, 0) is 22.8 Å². The van der Waals surface area contributed by atoms with Crippen LogP contribution in [0.3, 0.4) is 0 Å². The van der Waals surface area contributed by atoms with E-state index in [9.17, 15) is 4.79 Å². The van der Waals surface area contributed by atoms with Crippen molar-refractivity contribution < 1.29 is 4.79 Å². The molecule has 24 heavy (non-hydrogen) atoms. The largest absolute Gasteiger partial charge is 0.342 e. The van der Waals surface area contributed by atoms with E-state index in [1.165, 1.54) is 23.5 Å². The van der Waals surface area contributed by atoms with Gasteiger partial charge in [0.1, 0.15) is 24.0 Å². The molecule has 126 valence electrons. The maximum absolute atomic E-state index is 12.7. The Morgan fingerprint density at radius 3 is 2.88 bits per heavy atom. The summed E-state index contributed by atoms with van der Waals surface area (Å²) in [6, 6.07) is -0.262. The van der Waals surface area contributed by atoms with Crippen LogP contribution >= 0.6 is 0 Å². The zero-order valence-electron chi connectivity index (χ0n) is 13.6. The first kappa shape index (κ1) is 15.8. The van der Waals surface area contributed by atoms with Crippen LogP contribution in [0.25, 0.3) is 5.82 Å². The molecule has 11 nitrogen and oxygen atoms in total. The SMILES string of the molecule is CC(C)C[C@H](NC(=O)c1cn[nH]c1-n1cnnn1)c1ncnn1C. The van der Waals surface area contributed by atoms with Crippen molar-refractivity contribution in [2.75, 3.05) is 0 Å². The molecule has 0 aliphatic rings. The van der Waals surface area contributed by atoms with Crippen molar-refractivity contribution in [3.05, 3.63) is 30.2 Å². The van der Waals surface area contributed by atoms with Crippen molar-refractivity contribution in [2.24, 2.45) is 13.0 Å². The highest BCUT2D eigenvalue weighted by Crippen LogP contribution is 2.20. The smallest absolute Gasteiger partial charge is 0.257 e. The molecule has 3 aromatic heterocycles. The summed E-state index contributed by atoms with van der Waals surface area (Å²) in [4.78, 5) is 17.0. The van der Waals surface area contributed by atoms with Gasteiger partial charge in [-0.1, -0.05) is 13.8 Å². The number of hydrogen-bond acceptors (Lipinski definition) is 7. The molecule has 0 radical (unpaired) electrons. The van der Waals surface area contributed by atoms with Crippen LogP contribution in [-0.2, 0) is 7.05 Å². The van der Waals surface area contributed by atoms with Gasteiger partial charge in [-0.3, -0.25) is 14.6 Å². The van der Waals surface area contributed by atoms with Gasteiger partial charge in [0.25, 0.3) is 5.91 Å². The van der Waals surface area contributed by atoms with Crippen LogP contribution in [0.2, 0.25) is 0 Å². The lowest BCUT2D eigenvalue weighted by molar-refractivity contribution is 0.0929. The van der Waals surface area contributed by atoms with Gasteiger partial charge in [0, 0.05) is 7.05 Å². The topological polar surface area (TPSA) is 132 Å². The van der Waals surface area contributed by atoms with E-state index in [0.717, 1.165) is 6.42 Å². The van der Waals surface area contributed by atoms with E-state index in [1.807, 2.05) is 0 Å². The number of aryl methyl sites for hydroxylation is 1. The van der Waals surface area contributed by atoms with Crippen LogP contribution in [0.5, 0.6) is 0 Å². The summed E-state index contributed by atoms with van der Waals surface area (Å²) in [7, 11) is 1.80. The monoisotopic (exact) mass is 330 g/mol. The molecule has 0 fully saturated rings. The standard InChI is InChI=1S/C13H18N10O/c1-8(2)4-10(12-14-6-17-22(12)3)18-13(24)9-5-15-19-11(9)23-7-16-20-21-23/h5-8,10H,4H2,1-3H3,(H,15,19)(H,18,24)/t10-/m0/s1. The van der Waals surface area contributed by atoms with Crippen LogP contribution in [0.15, 0.2) is 18.9 Å². The predicted molar refractivity (Wildman–Crippen MR) is 82.0 cm³/mol. The maximum Gasteiger partial charge on any atom is 0.257 e. The summed E-state index contributed by atoms with van der Waals surface area (Å²) in [6.45, 7) is 4.17. The molecule has 3 aromatic rings. The molecule has 0 unspecified atom stereocenters. The molecule has 0 saturated heterocycles. The number of H-pyrrole nitrogens is 1. The highest BCUT2D eigenvalue weighted by atomic mass is 16.1. The summed E-state index contributed by atoms with van der Waals surface area (Å²) in [5.41, 5.74) is 0.346. The Labute approximate surface area is 137 Å². The van der Waals surface area contributed by atoms with E-state index < -0.39 is 0 Å². The average Bonchev–Trinajstić information content (AvgIpc) is 3.26. The third-order valence-electron chi connectivity index (χ3n) is 3.51. The molecule has 0 aliphatic heterocycles. The fourth-order valence-corrected chi connectivity index (χ4v) is 2.44. The lowest BCUT2D eigenvalue weighted by Gasteiger charge is -2.19. The first-order valence-corrected chi connectivity index (χ1v) is 7.47. The van der Waals surface area contributed by atoms with Crippen LogP contribution < -0.4 is 5.32 Å². The molecule has 0 aliphatic carbocycles. The minimum atomic E-state index is -0.289. The minimum Gasteiger partial charge on any atom is -0.342 e. The van der Waals surface area contributed by atoms with E-state index >= 15 is 0 Å². The Balaban J connectivity index is 1.84. The van der Waals surface area contributed by atoms with Crippen LogP contribution in [0, 0.1) is 5.92 Å².